The largest absolute Gasteiger partial charge is 0.480 e. The van der Waals surface area contributed by atoms with Crippen molar-refractivity contribution < 1.29 is 9.90 Å². The molecule has 1 unspecified atom stereocenters. The maximum absolute atomic E-state index is 10.4. The zero-order valence-electron chi connectivity index (χ0n) is 6.55. The minimum atomic E-state index is -0.988. The monoisotopic (exact) mass is 169 g/mol. The van der Waals surface area contributed by atoms with E-state index in [9.17, 15) is 4.79 Å². The van der Waals surface area contributed by atoms with Crippen molar-refractivity contribution in [3.63, 3.8) is 0 Å². The van der Waals surface area contributed by atoms with Gasteiger partial charge in [-0.2, -0.15) is 0 Å². The van der Waals surface area contributed by atoms with Crippen LogP contribution < -0.4 is 5.73 Å². The summed E-state index contributed by atoms with van der Waals surface area (Å²) in [7, 11) is 0. The average molecular weight is 169 g/mol. The molecule has 5 nitrogen and oxygen atoms in total. The van der Waals surface area contributed by atoms with E-state index in [0.717, 1.165) is 0 Å². The number of allylic oxidation sites excluding steroid dienone is 1. The molecular formula is C7H11N3O2. The molecule has 1 rings (SSSR count). The van der Waals surface area contributed by atoms with Crippen LogP contribution in [0.3, 0.4) is 0 Å². The van der Waals surface area contributed by atoms with E-state index in [1.807, 2.05) is 0 Å². The summed E-state index contributed by atoms with van der Waals surface area (Å²) in [6.45, 7) is 0.778. The fraction of sp³-hybridized carbons (Fsp3) is 0.429. The molecule has 0 fully saturated rings. The lowest BCUT2D eigenvalue weighted by Crippen LogP contribution is -2.41. The molecule has 66 valence electrons. The van der Waals surface area contributed by atoms with Crippen molar-refractivity contribution in [2.45, 2.75) is 6.04 Å². The van der Waals surface area contributed by atoms with Crippen LogP contribution in [0.25, 0.3) is 0 Å². The minimum absolute atomic E-state index is 0.295. The molecule has 3 N–H and O–H groups in total. The maximum Gasteiger partial charge on any atom is 0.322 e. The molecule has 12 heavy (non-hydrogen) atoms. The smallest absolute Gasteiger partial charge is 0.322 e. The second-order valence-electron chi connectivity index (χ2n) is 2.53. The number of carboxylic acid groups (broad SMARTS) is 1. The van der Waals surface area contributed by atoms with Crippen LogP contribution in [0.1, 0.15) is 0 Å². The van der Waals surface area contributed by atoms with E-state index < -0.39 is 12.0 Å². The number of aliphatic carboxylic acids is 1. The highest BCUT2D eigenvalue weighted by molar-refractivity contribution is 5.74. The first-order chi connectivity index (χ1) is 5.70. The third-order valence-corrected chi connectivity index (χ3v) is 1.50. The number of hydrogen-bond acceptors (Lipinski definition) is 4. The number of aliphatic imine (C=N–C) groups is 1. The van der Waals surface area contributed by atoms with Gasteiger partial charge in [0, 0.05) is 19.0 Å². The Hall–Kier alpha value is -1.36. The first kappa shape index (κ1) is 8.73. The molecule has 5 heteroatoms. The zero-order valence-corrected chi connectivity index (χ0v) is 6.55. The number of carbonyl (C=O) groups is 1. The normalized spacial score (nSPS) is 17.9. The fourth-order valence-corrected chi connectivity index (χ4v) is 0.870. The van der Waals surface area contributed by atoms with Gasteiger partial charge in [-0.25, -0.2) is 0 Å². The summed E-state index contributed by atoms with van der Waals surface area (Å²) >= 11 is 0. The second-order valence-corrected chi connectivity index (χ2v) is 2.53. The zero-order chi connectivity index (χ0) is 8.97. The van der Waals surface area contributed by atoms with Crippen LogP contribution in [0.2, 0.25) is 0 Å². The third kappa shape index (κ3) is 2.35. The number of rotatable bonds is 3. The Morgan fingerprint density at radius 3 is 3.08 bits per heavy atom. The summed E-state index contributed by atoms with van der Waals surface area (Å²) in [6, 6.07) is -0.844. The number of hydrogen-bond donors (Lipinski definition) is 2. The Balaban J connectivity index is 2.36. The van der Waals surface area contributed by atoms with Gasteiger partial charge in [-0.3, -0.25) is 9.79 Å². The molecule has 0 bridgehead atoms. The predicted molar refractivity (Wildman–Crippen MR) is 44.8 cm³/mol. The van der Waals surface area contributed by atoms with Crippen molar-refractivity contribution in [1.29, 1.82) is 0 Å². The first-order valence-electron chi connectivity index (χ1n) is 3.59. The summed E-state index contributed by atoms with van der Waals surface area (Å²) < 4.78 is 0. The standard InChI is InChI=1S/C7H11N3O2/c8-6(7(11)12)4-10-3-1-2-9-5-10/h1-3,6H,4-5,8H2,(H,11,12). The van der Waals surface area contributed by atoms with E-state index in [1.54, 1.807) is 23.4 Å². The third-order valence-electron chi connectivity index (χ3n) is 1.50. The van der Waals surface area contributed by atoms with Crippen LogP contribution in [-0.2, 0) is 4.79 Å². The van der Waals surface area contributed by atoms with Gasteiger partial charge < -0.3 is 15.7 Å². The van der Waals surface area contributed by atoms with Crippen LogP contribution in [0, 0.1) is 0 Å². The quantitative estimate of drug-likeness (QED) is 0.583. The molecule has 0 saturated carbocycles. The van der Waals surface area contributed by atoms with Crippen LogP contribution in [0.4, 0.5) is 0 Å². The molecule has 0 radical (unpaired) electrons. The lowest BCUT2D eigenvalue weighted by Gasteiger charge is -2.21. The number of carboxylic acids is 1. The predicted octanol–water partition coefficient (Wildman–Crippen LogP) is -0.744. The molecule has 1 heterocycles. The van der Waals surface area contributed by atoms with Gasteiger partial charge in [0.15, 0.2) is 0 Å². The van der Waals surface area contributed by atoms with Gasteiger partial charge in [0.25, 0.3) is 0 Å². The molecule has 0 spiro atoms. The highest BCUT2D eigenvalue weighted by Crippen LogP contribution is 1.96. The summed E-state index contributed by atoms with van der Waals surface area (Å²) in [5.41, 5.74) is 5.32. The van der Waals surface area contributed by atoms with E-state index in [2.05, 4.69) is 4.99 Å². The van der Waals surface area contributed by atoms with Crippen LogP contribution in [0.15, 0.2) is 17.3 Å². The van der Waals surface area contributed by atoms with Gasteiger partial charge in [-0.15, -0.1) is 0 Å². The van der Waals surface area contributed by atoms with E-state index in [-0.39, 0.29) is 0 Å². The molecule has 0 aromatic carbocycles. The van der Waals surface area contributed by atoms with Gasteiger partial charge in [0.2, 0.25) is 0 Å². The van der Waals surface area contributed by atoms with Gasteiger partial charge >= 0.3 is 5.97 Å². The van der Waals surface area contributed by atoms with Crippen molar-refractivity contribution in [2.75, 3.05) is 13.2 Å². The minimum Gasteiger partial charge on any atom is -0.480 e. The fourth-order valence-electron chi connectivity index (χ4n) is 0.870. The summed E-state index contributed by atoms with van der Waals surface area (Å²) in [5.74, 6) is -0.988. The van der Waals surface area contributed by atoms with Crippen molar-refractivity contribution in [1.82, 2.24) is 4.90 Å². The Kier molecular flexibility index (Phi) is 2.82. The first-order valence-corrected chi connectivity index (χ1v) is 3.59. The summed E-state index contributed by atoms with van der Waals surface area (Å²) in [6.07, 6.45) is 5.19. The van der Waals surface area contributed by atoms with E-state index >= 15 is 0 Å². The number of nitrogens with zero attached hydrogens (tertiary/aromatic N) is 2. The SMILES string of the molecule is NC(CN1C=CC=NC1)C(=O)O. The van der Waals surface area contributed by atoms with Crippen LogP contribution >= 0.6 is 0 Å². The molecule has 0 saturated heterocycles. The van der Waals surface area contributed by atoms with Crippen molar-refractivity contribution in [2.24, 2.45) is 10.7 Å². The average Bonchev–Trinajstić information content (AvgIpc) is 2.06. The summed E-state index contributed by atoms with van der Waals surface area (Å²) in [5, 5.41) is 8.50. The lowest BCUT2D eigenvalue weighted by molar-refractivity contribution is -0.138. The Labute approximate surface area is 70.2 Å². The van der Waals surface area contributed by atoms with Gasteiger partial charge in [-0.1, -0.05) is 0 Å². The van der Waals surface area contributed by atoms with E-state index in [4.69, 9.17) is 10.8 Å². The summed E-state index contributed by atoms with van der Waals surface area (Å²) in [4.78, 5) is 16.0. The molecule has 1 atom stereocenters. The Morgan fingerprint density at radius 1 is 1.83 bits per heavy atom. The molecule has 0 aliphatic carbocycles. The van der Waals surface area contributed by atoms with Crippen LogP contribution in [-0.4, -0.2) is 41.4 Å². The molecule has 0 aromatic rings. The Morgan fingerprint density at radius 2 is 2.58 bits per heavy atom. The van der Waals surface area contributed by atoms with E-state index in [0.29, 0.717) is 13.2 Å². The van der Waals surface area contributed by atoms with Gasteiger partial charge in [0.1, 0.15) is 12.7 Å². The van der Waals surface area contributed by atoms with E-state index in [1.165, 1.54) is 0 Å². The second kappa shape index (κ2) is 3.87. The lowest BCUT2D eigenvalue weighted by atomic mass is 10.3. The van der Waals surface area contributed by atoms with Crippen LogP contribution in [0.5, 0.6) is 0 Å². The molecule has 1 aliphatic heterocycles. The van der Waals surface area contributed by atoms with Gasteiger partial charge in [-0.05, 0) is 6.08 Å². The molecular weight excluding hydrogens is 158 g/mol. The maximum atomic E-state index is 10.4. The number of nitrogens with two attached hydrogens (primary N) is 1. The highest BCUT2D eigenvalue weighted by Gasteiger charge is 2.14. The molecule has 1 aliphatic rings. The molecule has 0 amide bonds. The molecule has 0 aromatic heterocycles. The Bertz CT molecular complexity index is 225. The highest BCUT2D eigenvalue weighted by atomic mass is 16.4. The van der Waals surface area contributed by atoms with Gasteiger partial charge in [0.05, 0.1) is 0 Å². The van der Waals surface area contributed by atoms with Crippen molar-refractivity contribution in [3.8, 4) is 0 Å². The van der Waals surface area contributed by atoms with Crippen molar-refractivity contribution in [3.05, 3.63) is 12.3 Å². The van der Waals surface area contributed by atoms with Crippen molar-refractivity contribution >= 4 is 12.2 Å². The topological polar surface area (TPSA) is 78.9 Å².